The smallest absolute Gasteiger partial charge is 0.160 e. The minimum absolute atomic E-state index is 0.00917. The first-order valence-electron chi connectivity index (χ1n) is 4.91. The van der Waals surface area contributed by atoms with Gasteiger partial charge in [-0.2, -0.15) is 0 Å². The van der Waals surface area contributed by atoms with E-state index in [-0.39, 0.29) is 24.9 Å². The van der Waals surface area contributed by atoms with Gasteiger partial charge < -0.3 is 19.3 Å². The molecule has 1 heterocycles. The Balaban J connectivity index is 1.97. The third-order valence-corrected chi connectivity index (χ3v) is 2.67. The number of hydrogen-bond donors (Lipinski definition) is 1. The number of hydrogen-bond acceptors (Lipinski definition) is 4. The average Bonchev–Trinajstić information content (AvgIpc) is 2.72. The second-order valence-electron chi connectivity index (χ2n) is 3.35. The molecule has 0 amide bonds. The van der Waals surface area contributed by atoms with Crippen molar-refractivity contribution in [3.63, 3.8) is 0 Å². The molecule has 6 heteroatoms. The highest BCUT2D eigenvalue weighted by molar-refractivity contribution is 6.18. The van der Waals surface area contributed by atoms with Crippen molar-refractivity contribution in [2.24, 2.45) is 0 Å². The summed E-state index contributed by atoms with van der Waals surface area (Å²) < 4.78 is 15.9. The van der Waals surface area contributed by atoms with Crippen LogP contribution in [0.2, 0.25) is 0 Å². The zero-order chi connectivity index (χ0) is 11.1. The average molecular weight is 259 g/mol. The van der Waals surface area contributed by atoms with E-state index in [1.807, 2.05) is 0 Å². The predicted octanol–water partition coefficient (Wildman–Crippen LogP) is 0.973. The van der Waals surface area contributed by atoms with Crippen LogP contribution in [0.3, 0.4) is 0 Å². The monoisotopic (exact) mass is 258 g/mol. The Morgan fingerprint density at radius 2 is 2.27 bits per heavy atom. The molecule has 0 aliphatic carbocycles. The summed E-state index contributed by atoms with van der Waals surface area (Å²) in [6.07, 6.45) is -0.206. The fourth-order valence-electron chi connectivity index (χ4n) is 1.18. The van der Waals surface area contributed by atoms with Crippen LogP contribution in [0.5, 0.6) is 0 Å². The number of alkyl halides is 2. The van der Waals surface area contributed by atoms with Crippen molar-refractivity contribution in [2.75, 3.05) is 31.6 Å². The highest BCUT2D eigenvalue weighted by Crippen LogP contribution is 2.15. The Hall–Kier alpha value is 0.420. The molecule has 0 bridgehead atoms. The Morgan fingerprint density at radius 3 is 2.87 bits per heavy atom. The van der Waals surface area contributed by atoms with E-state index in [0.717, 1.165) is 0 Å². The van der Waals surface area contributed by atoms with Gasteiger partial charge in [0.25, 0.3) is 0 Å². The minimum atomic E-state index is -0.604. The maximum atomic E-state index is 9.09. The summed E-state index contributed by atoms with van der Waals surface area (Å²) in [6, 6.07) is 0. The standard InChI is InChI=1S/C9H16Cl2O4/c10-3-7(12)5-13-2-1-9-14-6-8(4-11)15-9/h7-9,12H,1-6H2. The minimum Gasteiger partial charge on any atom is -0.389 e. The van der Waals surface area contributed by atoms with Crippen molar-refractivity contribution < 1.29 is 19.3 Å². The predicted molar refractivity (Wildman–Crippen MR) is 57.5 cm³/mol. The molecular formula is C9H16Cl2O4. The van der Waals surface area contributed by atoms with Crippen molar-refractivity contribution >= 4 is 23.2 Å². The van der Waals surface area contributed by atoms with Crippen LogP contribution < -0.4 is 0 Å². The van der Waals surface area contributed by atoms with E-state index in [1.165, 1.54) is 0 Å². The Labute approximate surface area is 99.4 Å². The third-order valence-electron chi connectivity index (χ3n) is 1.97. The molecule has 0 aromatic heterocycles. The molecule has 4 nitrogen and oxygen atoms in total. The van der Waals surface area contributed by atoms with Gasteiger partial charge in [-0.15, -0.1) is 23.2 Å². The van der Waals surface area contributed by atoms with E-state index in [9.17, 15) is 0 Å². The van der Waals surface area contributed by atoms with Crippen LogP contribution >= 0.6 is 23.2 Å². The highest BCUT2D eigenvalue weighted by Gasteiger charge is 2.24. The summed E-state index contributed by atoms with van der Waals surface area (Å²) in [5.41, 5.74) is 0. The first kappa shape index (κ1) is 13.5. The lowest BCUT2D eigenvalue weighted by atomic mass is 10.4. The molecule has 15 heavy (non-hydrogen) atoms. The first-order chi connectivity index (χ1) is 7.26. The fourth-order valence-corrected chi connectivity index (χ4v) is 1.43. The quantitative estimate of drug-likeness (QED) is 0.546. The second-order valence-corrected chi connectivity index (χ2v) is 3.96. The largest absolute Gasteiger partial charge is 0.389 e. The van der Waals surface area contributed by atoms with Crippen molar-refractivity contribution in [1.29, 1.82) is 0 Å². The molecule has 3 unspecified atom stereocenters. The SMILES string of the molecule is OC(CCl)COCCC1OCC(CCl)O1. The molecule has 1 N–H and O–H groups in total. The van der Waals surface area contributed by atoms with E-state index in [1.54, 1.807) is 0 Å². The third kappa shape index (κ3) is 5.33. The molecular weight excluding hydrogens is 243 g/mol. The molecule has 1 aliphatic rings. The van der Waals surface area contributed by atoms with Crippen LogP contribution in [0.15, 0.2) is 0 Å². The van der Waals surface area contributed by atoms with Crippen molar-refractivity contribution in [3.05, 3.63) is 0 Å². The van der Waals surface area contributed by atoms with E-state index >= 15 is 0 Å². The van der Waals surface area contributed by atoms with Gasteiger partial charge in [-0.05, 0) is 0 Å². The lowest BCUT2D eigenvalue weighted by Crippen LogP contribution is -2.20. The van der Waals surface area contributed by atoms with Crippen LogP contribution in [-0.2, 0) is 14.2 Å². The molecule has 0 aromatic carbocycles. The van der Waals surface area contributed by atoms with Gasteiger partial charge in [-0.1, -0.05) is 0 Å². The summed E-state index contributed by atoms with van der Waals surface area (Å²) in [5, 5.41) is 9.09. The van der Waals surface area contributed by atoms with Crippen molar-refractivity contribution in [1.82, 2.24) is 0 Å². The Kier molecular flexibility index (Phi) is 6.88. The van der Waals surface area contributed by atoms with Crippen molar-refractivity contribution in [3.8, 4) is 0 Å². The van der Waals surface area contributed by atoms with Gasteiger partial charge >= 0.3 is 0 Å². The summed E-state index contributed by atoms with van der Waals surface area (Å²) in [7, 11) is 0. The summed E-state index contributed by atoms with van der Waals surface area (Å²) in [5.74, 6) is 0.632. The second kappa shape index (κ2) is 7.65. The number of halogens is 2. The molecule has 0 spiro atoms. The van der Waals surface area contributed by atoms with Crippen LogP contribution in [0.4, 0.5) is 0 Å². The van der Waals surface area contributed by atoms with Crippen LogP contribution in [0.1, 0.15) is 6.42 Å². The molecule has 1 fully saturated rings. The summed E-state index contributed by atoms with van der Waals surface area (Å²) in [6.45, 7) is 1.27. The number of aliphatic hydroxyl groups is 1. The van der Waals surface area contributed by atoms with E-state index in [0.29, 0.717) is 25.5 Å². The molecule has 1 aliphatic heterocycles. The summed E-state index contributed by atoms with van der Waals surface area (Å²) >= 11 is 11.0. The van der Waals surface area contributed by atoms with E-state index in [2.05, 4.69) is 0 Å². The van der Waals surface area contributed by atoms with Crippen LogP contribution in [0, 0.1) is 0 Å². The highest BCUT2D eigenvalue weighted by atomic mass is 35.5. The number of ether oxygens (including phenoxy) is 3. The number of rotatable bonds is 7. The lowest BCUT2D eigenvalue weighted by Gasteiger charge is -2.11. The van der Waals surface area contributed by atoms with Gasteiger partial charge in [0.1, 0.15) is 0 Å². The lowest BCUT2D eigenvalue weighted by molar-refractivity contribution is -0.0760. The molecule has 0 saturated carbocycles. The van der Waals surface area contributed by atoms with E-state index in [4.69, 9.17) is 42.5 Å². The van der Waals surface area contributed by atoms with Gasteiger partial charge in [0.15, 0.2) is 6.29 Å². The van der Waals surface area contributed by atoms with Crippen molar-refractivity contribution in [2.45, 2.75) is 24.9 Å². The van der Waals surface area contributed by atoms with Crippen LogP contribution in [-0.4, -0.2) is 55.2 Å². The molecule has 0 radical (unpaired) electrons. The Bertz CT molecular complexity index is 170. The normalized spacial score (nSPS) is 28.2. The Morgan fingerprint density at radius 1 is 1.47 bits per heavy atom. The van der Waals surface area contributed by atoms with Gasteiger partial charge in [0.05, 0.1) is 43.8 Å². The first-order valence-corrected chi connectivity index (χ1v) is 5.98. The maximum Gasteiger partial charge on any atom is 0.160 e. The van der Waals surface area contributed by atoms with Gasteiger partial charge in [0, 0.05) is 6.42 Å². The molecule has 90 valence electrons. The molecule has 3 atom stereocenters. The van der Waals surface area contributed by atoms with Gasteiger partial charge in [-0.25, -0.2) is 0 Å². The van der Waals surface area contributed by atoms with Crippen LogP contribution in [0.25, 0.3) is 0 Å². The number of aliphatic hydroxyl groups excluding tert-OH is 1. The molecule has 0 aromatic rings. The fraction of sp³-hybridized carbons (Fsp3) is 1.00. The van der Waals surface area contributed by atoms with E-state index < -0.39 is 6.10 Å². The maximum absolute atomic E-state index is 9.09. The molecule has 1 saturated heterocycles. The molecule has 1 rings (SSSR count). The zero-order valence-electron chi connectivity index (χ0n) is 8.40. The topological polar surface area (TPSA) is 47.9 Å². The van der Waals surface area contributed by atoms with Gasteiger partial charge in [-0.3, -0.25) is 0 Å². The zero-order valence-corrected chi connectivity index (χ0v) is 9.91. The van der Waals surface area contributed by atoms with Gasteiger partial charge in [0.2, 0.25) is 0 Å². The summed E-state index contributed by atoms with van der Waals surface area (Å²) in [4.78, 5) is 0.